The summed E-state index contributed by atoms with van der Waals surface area (Å²) in [5.74, 6) is -0.224. The van der Waals surface area contributed by atoms with E-state index < -0.39 is 0 Å². The number of allylic oxidation sites excluding steroid dienone is 1. The summed E-state index contributed by atoms with van der Waals surface area (Å²) in [6, 6.07) is 16.3. The molecular formula is C22H19N9. The first kappa shape index (κ1) is 21.2. The Morgan fingerprint density at radius 2 is 1.84 bits per heavy atom. The Kier molecular flexibility index (Phi) is 6.67. The lowest BCUT2D eigenvalue weighted by molar-refractivity contribution is 0.991. The SMILES string of the molecule is N#Cc1cccc(C2=NC(=N)C(=N)C(N)=C2c2ccncn2)c1.NCc1ccccn1. The minimum atomic E-state index is -0.224. The van der Waals surface area contributed by atoms with Gasteiger partial charge >= 0.3 is 0 Å². The van der Waals surface area contributed by atoms with Crippen molar-refractivity contribution in [1.82, 2.24) is 15.0 Å². The predicted molar refractivity (Wildman–Crippen MR) is 118 cm³/mol. The number of nitriles is 1. The quantitative estimate of drug-likeness (QED) is 0.515. The normalized spacial score (nSPS) is 13.1. The van der Waals surface area contributed by atoms with Crippen molar-refractivity contribution < 1.29 is 0 Å². The predicted octanol–water partition coefficient (Wildman–Crippen LogP) is 2.06. The van der Waals surface area contributed by atoms with E-state index in [-0.39, 0.29) is 17.2 Å². The van der Waals surface area contributed by atoms with Crippen LogP contribution in [0.15, 0.2) is 77.9 Å². The van der Waals surface area contributed by atoms with E-state index in [9.17, 15) is 0 Å². The molecule has 0 radical (unpaired) electrons. The molecule has 9 nitrogen and oxygen atoms in total. The Labute approximate surface area is 178 Å². The number of benzene rings is 1. The molecule has 1 aromatic carbocycles. The fourth-order valence-electron chi connectivity index (χ4n) is 2.77. The number of hydrogen-bond acceptors (Lipinski definition) is 8. The van der Waals surface area contributed by atoms with Crippen LogP contribution < -0.4 is 11.5 Å². The average molecular weight is 409 g/mol. The van der Waals surface area contributed by atoms with Crippen molar-refractivity contribution in [2.75, 3.05) is 0 Å². The summed E-state index contributed by atoms with van der Waals surface area (Å²) < 4.78 is 0. The van der Waals surface area contributed by atoms with Crippen LogP contribution in [0.1, 0.15) is 22.5 Å². The van der Waals surface area contributed by atoms with Gasteiger partial charge in [0.2, 0.25) is 0 Å². The van der Waals surface area contributed by atoms with Crippen LogP contribution in [0.3, 0.4) is 0 Å². The van der Waals surface area contributed by atoms with Gasteiger partial charge in [-0.25, -0.2) is 15.0 Å². The van der Waals surface area contributed by atoms with Gasteiger partial charge in [0.25, 0.3) is 0 Å². The number of dihydropyridines is 1. The van der Waals surface area contributed by atoms with E-state index in [1.807, 2.05) is 18.2 Å². The summed E-state index contributed by atoms with van der Waals surface area (Å²) in [6.07, 6.45) is 4.68. The van der Waals surface area contributed by atoms with E-state index >= 15 is 0 Å². The number of aromatic nitrogens is 3. The Balaban J connectivity index is 0.000000287. The third-order valence-electron chi connectivity index (χ3n) is 4.27. The van der Waals surface area contributed by atoms with Gasteiger partial charge in [-0.15, -0.1) is 0 Å². The first-order chi connectivity index (χ1) is 15.0. The van der Waals surface area contributed by atoms with Gasteiger partial charge in [0.1, 0.15) is 12.0 Å². The van der Waals surface area contributed by atoms with Gasteiger partial charge in [-0.1, -0.05) is 18.2 Å². The molecule has 0 bridgehead atoms. The summed E-state index contributed by atoms with van der Waals surface area (Å²) in [4.78, 5) is 16.2. The number of hydrogen-bond donors (Lipinski definition) is 4. The zero-order valence-electron chi connectivity index (χ0n) is 16.4. The molecule has 2 aromatic heterocycles. The zero-order chi connectivity index (χ0) is 22.2. The smallest absolute Gasteiger partial charge is 0.172 e. The van der Waals surface area contributed by atoms with Crippen molar-refractivity contribution in [3.05, 3.63) is 95.5 Å². The van der Waals surface area contributed by atoms with Crippen LogP contribution >= 0.6 is 0 Å². The van der Waals surface area contributed by atoms with Crippen LogP contribution in [0.25, 0.3) is 5.57 Å². The van der Waals surface area contributed by atoms with Crippen molar-refractivity contribution in [1.29, 1.82) is 16.1 Å². The largest absolute Gasteiger partial charge is 0.396 e. The minimum Gasteiger partial charge on any atom is -0.396 e. The van der Waals surface area contributed by atoms with E-state index in [0.717, 1.165) is 5.69 Å². The Bertz CT molecular complexity index is 1210. The molecule has 0 aliphatic carbocycles. The van der Waals surface area contributed by atoms with Crippen LogP contribution in [-0.4, -0.2) is 32.2 Å². The Morgan fingerprint density at radius 3 is 2.45 bits per heavy atom. The molecule has 9 heteroatoms. The lowest BCUT2D eigenvalue weighted by atomic mass is 9.92. The molecule has 31 heavy (non-hydrogen) atoms. The average Bonchev–Trinajstić information content (AvgIpc) is 2.83. The standard InChI is InChI=1S/C16H11N7.C6H8N2/c17-7-9-2-1-3-10(6-9)15-12(11-4-5-21-8-22-11)13(18)14(19)16(20)23-15;7-5-6-3-1-2-4-8-6/h1-6,8,19-20H,18H2;1-4H,5,7H2. The van der Waals surface area contributed by atoms with Gasteiger partial charge in [-0.05, 0) is 30.3 Å². The lowest BCUT2D eigenvalue weighted by Crippen LogP contribution is -2.29. The van der Waals surface area contributed by atoms with Gasteiger partial charge in [-0.3, -0.25) is 15.8 Å². The highest BCUT2D eigenvalue weighted by Crippen LogP contribution is 2.25. The molecule has 0 saturated heterocycles. The Hall–Kier alpha value is -4.55. The number of pyridine rings is 1. The van der Waals surface area contributed by atoms with Crippen molar-refractivity contribution in [2.45, 2.75) is 6.54 Å². The van der Waals surface area contributed by atoms with Crippen LogP contribution in [0, 0.1) is 22.1 Å². The molecule has 0 atom stereocenters. The van der Waals surface area contributed by atoms with Gasteiger partial charge in [0.05, 0.1) is 40.0 Å². The van der Waals surface area contributed by atoms with Gasteiger partial charge < -0.3 is 11.5 Å². The highest BCUT2D eigenvalue weighted by atomic mass is 14.9. The van der Waals surface area contributed by atoms with Crippen molar-refractivity contribution in [3.63, 3.8) is 0 Å². The fourth-order valence-corrected chi connectivity index (χ4v) is 2.77. The molecule has 1 aliphatic heterocycles. The minimum absolute atomic E-state index is 0.126. The maximum Gasteiger partial charge on any atom is 0.172 e. The molecule has 0 amide bonds. The fraction of sp³-hybridized carbons (Fsp3) is 0.0455. The summed E-state index contributed by atoms with van der Waals surface area (Å²) >= 11 is 0. The Morgan fingerprint density at radius 1 is 1.00 bits per heavy atom. The third kappa shape index (κ3) is 4.90. The van der Waals surface area contributed by atoms with Crippen LogP contribution in [0.5, 0.6) is 0 Å². The maximum absolute atomic E-state index is 9.07. The van der Waals surface area contributed by atoms with Gasteiger partial charge in [-0.2, -0.15) is 5.26 Å². The van der Waals surface area contributed by atoms with Crippen molar-refractivity contribution in [3.8, 4) is 6.07 Å². The lowest BCUT2D eigenvalue weighted by Gasteiger charge is -2.19. The first-order valence-corrected chi connectivity index (χ1v) is 9.18. The van der Waals surface area contributed by atoms with E-state index in [1.54, 1.807) is 42.7 Å². The number of aliphatic imine (C=N–C) groups is 1. The molecule has 1 aliphatic rings. The maximum atomic E-state index is 9.07. The zero-order valence-corrected chi connectivity index (χ0v) is 16.4. The molecule has 0 spiro atoms. The van der Waals surface area contributed by atoms with Gasteiger partial charge in [0.15, 0.2) is 5.84 Å². The summed E-state index contributed by atoms with van der Waals surface area (Å²) in [5.41, 5.74) is 14.7. The molecular weight excluding hydrogens is 390 g/mol. The number of nitrogens with two attached hydrogens (primary N) is 2. The summed E-state index contributed by atoms with van der Waals surface area (Å²) in [5, 5.41) is 24.8. The summed E-state index contributed by atoms with van der Waals surface area (Å²) in [7, 11) is 0. The number of amidine groups is 1. The number of rotatable bonds is 3. The molecule has 3 aromatic rings. The van der Waals surface area contributed by atoms with Crippen molar-refractivity contribution in [2.24, 2.45) is 16.5 Å². The second kappa shape index (κ2) is 9.78. The first-order valence-electron chi connectivity index (χ1n) is 9.18. The number of nitrogens with zero attached hydrogens (tertiary/aromatic N) is 5. The molecule has 4 rings (SSSR count). The highest BCUT2D eigenvalue weighted by molar-refractivity contribution is 6.55. The molecule has 6 N–H and O–H groups in total. The molecule has 0 saturated carbocycles. The van der Waals surface area contributed by atoms with Crippen molar-refractivity contribution >= 4 is 22.8 Å². The molecule has 3 heterocycles. The molecule has 0 fully saturated rings. The summed E-state index contributed by atoms with van der Waals surface area (Å²) in [6.45, 7) is 0.529. The van der Waals surface area contributed by atoms with E-state index in [4.69, 9.17) is 27.5 Å². The molecule has 152 valence electrons. The second-order valence-corrected chi connectivity index (χ2v) is 6.29. The van der Waals surface area contributed by atoms with Crippen LogP contribution in [0.4, 0.5) is 0 Å². The van der Waals surface area contributed by atoms with Crippen LogP contribution in [-0.2, 0) is 6.54 Å². The van der Waals surface area contributed by atoms with E-state index in [1.165, 1.54) is 6.33 Å². The monoisotopic (exact) mass is 409 g/mol. The molecule has 0 unspecified atom stereocenters. The highest BCUT2D eigenvalue weighted by Gasteiger charge is 2.26. The second-order valence-electron chi connectivity index (χ2n) is 6.29. The van der Waals surface area contributed by atoms with Gasteiger partial charge in [0, 0.05) is 24.5 Å². The van der Waals surface area contributed by atoms with E-state index in [0.29, 0.717) is 34.7 Å². The van der Waals surface area contributed by atoms with Crippen LogP contribution in [0.2, 0.25) is 0 Å². The topological polar surface area (TPSA) is 175 Å². The van der Waals surface area contributed by atoms with E-state index in [2.05, 4.69) is 26.0 Å². The number of nitrogens with one attached hydrogen (secondary N) is 2. The third-order valence-corrected chi connectivity index (χ3v) is 4.27.